The van der Waals surface area contributed by atoms with E-state index in [1.807, 2.05) is 52.8 Å². The zero-order valence-electron chi connectivity index (χ0n) is 17.8. The topological polar surface area (TPSA) is 57.7 Å². The molecule has 0 bridgehead atoms. The van der Waals surface area contributed by atoms with E-state index in [1.54, 1.807) is 12.2 Å². The molecule has 1 fully saturated rings. The van der Waals surface area contributed by atoms with Gasteiger partial charge in [0.25, 0.3) is 0 Å². The molecular formula is C22H30N2O3Se. The number of hydrogen-bond donors (Lipinski definition) is 0. The molecule has 0 aromatic rings. The first-order valence-corrected chi connectivity index (χ1v) is 10.9. The Bertz CT molecular complexity index is 760. The maximum absolute atomic E-state index is 12.6. The fourth-order valence-electron chi connectivity index (χ4n) is 2.44. The van der Waals surface area contributed by atoms with Crippen LogP contribution in [-0.4, -0.2) is 56.7 Å². The molecule has 2 rings (SSSR count). The Morgan fingerprint density at radius 3 is 1.82 bits per heavy atom. The van der Waals surface area contributed by atoms with Crippen molar-refractivity contribution >= 4 is 32.8 Å². The molecule has 0 spiro atoms. The molecule has 0 N–H and O–H groups in total. The summed E-state index contributed by atoms with van der Waals surface area (Å²) in [5.74, 6) is -1.21. The molecule has 0 radical (unpaired) electrons. The summed E-state index contributed by atoms with van der Waals surface area (Å²) >= 11 is 0.0101. The fourth-order valence-corrected chi connectivity index (χ4v) is 4.58. The monoisotopic (exact) mass is 450 g/mol. The van der Waals surface area contributed by atoms with Gasteiger partial charge in [0.1, 0.15) is 0 Å². The van der Waals surface area contributed by atoms with E-state index in [9.17, 15) is 14.4 Å². The van der Waals surface area contributed by atoms with Crippen molar-refractivity contribution in [3.05, 3.63) is 69.2 Å². The molecule has 2 aliphatic heterocycles. The Kier molecular flexibility index (Phi) is 11.1. The van der Waals surface area contributed by atoms with Crippen molar-refractivity contribution in [3.8, 4) is 0 Å². The van der Waals surface area contributed by atoms with Gasteiger partial charge in [0.2, 0.25) is 0 Å². The average molecular weight is 449 g/mol. The molecule has 2 aliphatic rings. The number of carbonyl (C=O) groups is 3. The second-order valence-corrected chi connectivity index (χ2v) is 7.47. The molecule has 1 saturated heterocycles. The van der Waals surface area contributed by atoms with E-state index in [0.717, 1.165) is 18.7 Å². The SMILES string of the molecule is C=CC1=C(C=C)C(=C2C(=O)N(C)C(=O)N(C)C2=O)C=C(/C=C/C)[Se]1.CC.CC. The molecule has 0 aliphatic carbocycles. The number of carbonyl (C=O) groups excluding carboxylic acids is 3. The zero-order chi connectivity index (χ0) is 22.0. The molecule has 152 valence electrons. The number of likely N-dealkylation sites (N-methyl/N-ethyl adjacent to an activating group) is 2. The van der Waals surface area contributed by atoms with Crippen LogP contribution in [0, 0.1) is 0 Å². The van der Waals surface area contributed by atoms with Gasteiger partial charge in [-0.25, -0.2) is 0 Å². The van der Waals surface area contributed by atoms with Gasteiger partial charge in [-0.2, -0.15) is 0 Å². The number of hydrogen-bond acceptors (Lipinski definition) is 3. The Hall–Kier alpha value is -2.43. The third kappa shape index (κ3) is 5.09. The standard InChI is InChI=1S/C18H18N2O3Se.2C2H6/c1-6-9-11-10-13(12(7-2)14(8-3)24-11)15-16(21)19(4)18(23)20(5)17(15)22;2*1-2/h6-10H,2-3H2,1,4-5H3;2*1-2H3/b9-6+;;. The normalized spacial score (nSPS) is 17.1. The summed E-state index contributed by atoms with van der Waals surface area (Å²) in [5.41, 5.74) is 1.18. The smallest absolute Gasteiger partial charge is 0.0683 e. The first-order valence-electron chi connectivity index (χ1n) is 9.23. The van der Waals surface area contributed by atoms with Gasteiger partial charge in [0, 0.05) is 0 Å². The molecular weight excluding hydrogens is 419 g/mol. The van der Waals surface area contributed by atoms with Crippen LogP contribution in [0.25, 0.3) is 0 Å². The minimum atomic E-state index is -0.639. The third-order valence-corrected chi connectivity index (χ3v) is 5.97. The quantitative estimate of drug-likeness (QED) is 0.369. The van der Waals surface area contributed by atoms with Gasteiger partial charge in [0.15, 0.2) is 0 Å². The van der Waals surface area contributed by atoms with Crippen LogP contribution in [-0.2, 0) is 9.59 Å². The van der Waals surface area contributed by atoms with E-state index in [-0.39, 0.29) is 20.5 Å². The van der Waals surface area contributed by atoms with Gasteiger partial charge in [-0.15, -0.1) is 0 Å². The summed E-state index contributed by atoms with van der Waals surface area (Å²) in [6.07, 6.45) is 9.03. The van der Waals surface area contributed by atoms with Crippen molar-refractivity contribution in [2.45, 2.75) is 34.6 Å². The maximum atomic E-state index is 12.6. The van der Waals surface area contributed by atoms with E-state index in [4.69, 9.17) is 0 Å². The van der Waals surface area contributed by atoms with E-state index in [2.05, 4.69) is 13.2 Å². The number of barbiturate groups is 1. The molecule has 0 atom stereocenters. The van der Waals surface area contributed by atoms with Crippen LogP contribution in [0.5, 0.6) is 0 Å². The second kappa shape index (κ2) is 12.1. The summed E-state index contributed by atoms with van der Waals surface area (Å²) < 4.78 is 1.95. The van der Waals surface area contributed by atoms with Crippen molar-refractivity contribution in [2.75, 3.05) is 14.1 Å². The van der Waals surface area contributed by atoms with Gasteiger partial charge in [-0.3, -0.25) is 0 Å². The minimum Gasteiger partial charge on any atom is -0.0683 e. The second-order valence-electron chi connectivity index (χ2n) is 5.13. The number of urea groups is 1. The van der Waals surface area contributed by atoms with Crippen molar-refractivity contribution in [2.24, 2.45) is 0 Å². The number of allylic oxidation sites excluding steroid dienone is 9. The van der Waals surface area contributed by atoms with E-state index in [1.165, 1.54) is 14.1 Å². The van der Waals surface area contributed by atoms with E-state index in [0.29, 0.717) is 11.1 Å². The van der Waals surface area contributed by atoms with Gasteiger partial charge in [-0.05, 0) is 0 Å². The summed E-state index contributed by atoms with van der Waals surface area (Å²) in [6.45, 7) is 17.5. The van der Waals surface area contributed by atoms with Crippen molar-refractivity contribution in [1.82, 2.24) is 9.80 Å². The van der Waals surface area contributed by atoms with Crippen LogP contribution in [0.2, 0.25) is 0 Å². The Balaban J connectivity index is 0.00000171. The first kappa shape index (κ1) is 25.6. The van der Waals surface area contributed by atoms with Crippen LogP contribution in [0.4, 0.5) is 4.79 Å². The van der Waals surface area contributed by atoms with Gasteiger partial charge < -0.3 is 0 Å². The first-order chi connectivity index (χ1) is 13.4. The molecule has 0 aromatic heterocycles. The predicted molar refractivity (Wildman–Crippen MR) is 117 cm³/mol. The summed E-state index contributed by atoms with van der Waals surface area (Å²) in [4.78, 5) is 39.0. The van der Waals surface area contributed by atoms with E-state index < -0.39 is 17.8 Å². The van der Waals surface area contributed by atoms with Crippen molar-refractivity contribution < 1.29 is 14.4 Å². The number of imide groups is 2. The number of amides is 4. The maximum Gasteiger partial charge on any atom is -0.0683 e. The van der Waals surface area contributed by atoms with Crippen LogP contribution >= 0.6 is 0 Å². The Morgan fingerprint density at radius 2 is 1.43 bits per heavy atom. The molecule has 2 heterocycles. The zero-order valence-corrected chi connectivity index (χ0v) is 19.5. The number of rotatable bonds is 3. The molecule has 6 heteroatoms. The van der Waals surface area contributed by atoms with Crippen molar-refractivity contribution in [1.29, 1.82) is 0 Å². The van der Waals surface area contributed by atoms with Gasteiger partial charge in [-0.1, -0.05) is 27.7 Å². The number of nitrogens with zero attached hydrogens (tertiary/aromatic N) is 2. The largest absolute Gasteiger partial charge is 0.0683 e. The molecule has 28 heavy (non-hydrogen) atoms. The van der Waals surface area contributed by atoms with Crippen LogP contribution in [0.3, 0.4) is 0 Å². The van der Waals surface area contributed by atoms with Gasteiger partial charge >= 0.3 is 147 Å². The molecule has 4 amide bonds. The average Bonchev–Trinajstić information content (AvgIpc) is 2.73. The Labute approximate surface area is 175 Å². The predicted octanol–water partition coefficient (Wildman–Crippen LogP) is 4.19. The van der Waals surface area contributed by atoms with Gasteiger partial charge in [0.05, 0.1) is 0 Å². The summed E-state index contributed by atoms with van der Waals surface area (Å²) in [6, 6.07) is -0.639. The summed E-state index contributed by atoms with van der Waals surface area (Å²) in [7, 11) is 2.73. The molecule has 0 aromatic carbocycles. The molecule has 0 unspecified atom stereocenters. The van der Waals surface area contributed by atoms with Crippen molar-refractivity contribution in [3.63, 3.8) is 0 Å². The fraction of sp³-hybridized carbons (Fsp3) is 0.318. The van der Waals surface area contributed by atoms with Crippen LogP contribution in [0.1, 0.15) is 34.6 Å². The third-order valence-electron chi connectivity index (χ3n) is 3.67. The minimum absolute atomic E-state index is 0.0101. The molecule has 5 nitrogen and oxygen atoms in total. The van der Waals surface area contributed by atoms with Crippen LogP contribution in [0.15, 0.2) is 69.2 Å². The Morgan fingerprint density at radius 1 is 0.929 bits per heavy atom. The van der Waals surface area contributed by atoms with E-state index >= 15 is 0 Å². The van der Waals surface area contributed by atoms with Crippen LogP contribution < -0.4 is 0 Å². The molecule has 0 saturated carbocycles. The summed E-state index contributed by atoms with van der Waals surface area (Å²) in [5, 5.41) is 0.